The molecular formula is C10H18N4O2. The summed E-state index contributed by atoms with van der Waals surface area (Å²) in [4.78, 5) is 14.1. The van der Waals surface area contributed by atoms with Crippen molar-refractivity contribution in [3.8, 4) is 0 Å². The molecule has 0 radical (unpaired) electrons. The molecule has 1 aliphatic rings. The van der Waals surface area contributed by atoms with Crippen LogP contribution in [0.3, 0.4) is 0 Å². The number of esters is 1. The van der Waals surface area contributed by atoms with E-state index in [4.69, 9.17) is 5.53 Å². The van der Waals surface area contributed by atoms with Gasteiger partial charge in [0.25, 0.3) is 0 Å². The molecule has 0 aromatic heterocycles. The first-order chi connectivity index (χ1) is 7.77. The van der Waals surface area contributed by atoms with E-state index in [1.807, 2.05) is 0 Å². The summed E-state index contributed by atoms with van der Waals surface area (Å²) in [5.41, 5.74) is 8.25. The number of carbonyl (C=O) groups excluding carboxylic acids is 1. The third kappa shape index (κ3) is 4.08. The van der Waals surface area contributed by atoms with Crippen molar-refractivity contribution < 1.29 is 9.53 Å². The fourth-order valence-corrected chi connectivity index (χ4v) is 2.01. The number of nitrogens with zero attached hydrogens (tertiary/aromatic N) is 3. The molecule has 1 rings (SSSR count). The summed E-state index contributed by atoms with van der Waals surface area (Å²) >= 11 is 0. The molecule has 0 bridgehead atoms. The van der Waals surface area contributed by atoms with E-state index < -0.39 is 6.04 Å². The minimum Gasteiger partial charge on any atom is -0.468 e. The molecule has 0 amide bonds. The van der Waals surface area contributed by atoms with Crippen LogP contribution < -0.4 is 5.32 Å². The highest BCUT2D eigenvalue weighted by Gasteiger charge is 2.23. The fourth-order valence-electron chi connectivity index (χ4n) is 2.01. The van der Waals surface area contributed by atoms with Gasteiger partial charge in [-0.1, -0.05) is 24.4 Å². The molecule has 1 saturated carbocycles. The topological polar surface area (TPSA) is 87.1 Å². The number of methoxy groups -OCH3 is 1. The lowest BCUT2D eigenvalue weighted by molar-refractivity contribution is -0.143. The van der Waals surface area contributed by atoms with E-state index in [0.717, 1.165) is 12.8 Å². The number of rotatable bonds is 5. The molecule has 0 aliphatic heterocycles. The van der Waals surface area contributed by atoms with Crippen molar-refractivity contribution in [2.45, 2.75) is 44.2 Å². The standard InChI is InChI=1S/C10H18N4O2/c1-16-10(15)9(7-12-14-11)13-8-5-3-2-4-6-8/h8-9,13H,2-7H2,1H3. The molecule has 1 fully saturated rings. The predicted octanol–water partition coefficient (Wildman–Crippen LogP) is 1.76. The number of hydrogen-bond acceptors (Lipinski definition) is 4. The summed E-state index contributed by atoms with van der Waals surface area (Å²) in [5.74, 6) is -0.363. The van der Waals surface area contributed by atoms with Crippen molar-refractivity contribution in [1.29, 1.82) is 0 Å². The van der Waals surface area contributed by atoms with E-state index in [9.17, 15) is 4.79 Å². The number of carbonyl (C=O) groups is 1. The zero-order chi connectivity index (χ0) is 11.8. The van der Waals surface area contributed by atoms with Gasteiger partial charge >= 0.3 is 5.97 Å². The van der Waals surface area contributed by atoms with Gasteiger partial charge in [-0.3, -0.25) is 4.79 Å². The van der Waals surface area contributed by atoms with E-state index in [0.29, 0.717) is 6.04 Å². The van der Waals surface area contributed by atoms with Gasteiger partial charge in [-0.05, 0) is 18.4 Å². The maximum atomic E-state index is 11.4. The van der Waals surface area contributed by atoms with Gasteiger partial charge in [0.1, 0.15) is 6.04 Å². The van der Waals surface area contributed by atoms with Crippen LogP contribution in [0, 0.1) is 0 Å². The van der Waals surface area contributed by atoms with E-state index in [-0.39, 0.29) is 12.5 Å². The fraction of sp³-hybridized carbons (Fsp3) is 0.900. The number of hydrogen-bond donors (Lipinski definition) is 1. The van der Waals surface area contributed by atoms with Crippen LogP contribution in [0.25, 0.3) is 10.4 Å². The van der Waals surface area contributed by atoms with Crippen LogP contribution in [-0.4, -0.2) is 31.7 Å². The third-order valence-corrected chi connectivity index (χ3v) is 2.86. The summed E-state index contributed by atoms with van der Waals surface area (Å²) in [5, 5.41) is 6.63. The van der Waals surface area contributed by atoms with Crippen LogP contribution in [0.5, 0.6) is 0 Å². The minimum absolute atomic E-state index is 0.111. The third-order valence-electron chi connectivity index (χ3n) is 2.86. The average molecular weight is 226 g/mol. The van der Waals surface area contributed by atoms with Crippen LogP contribution in [0.4, 0.5) is 0 Å². The Morgan fingerprint density at radius 2 is 2.25 bits per heavy atom. The summed E-state index contributed by atoms with van der Waals surface area (Å²) in [6, 6.07) is -0.171. The van der Waals surface area contributed by atoms with Crippen molar-refractivity contribution in [3.63, 3.8) is 0 Å². The number of ether oxygens (including phenoxy) is 1. The molecule has 6 nitrogen and oxygen atoms in total. The SMILES string of the molecule is COC(=O)C(CN=[N+]=[N-])NC1CCCCC1. The molecule has 1 atom stereocenters. The zero-order valence-electron chi connectivity index (χ0n) is 9.56. The van der Waals surface area contributed by atoms with Gasteiger partial charge in [-0.2, -0.15) is 0 Å². The molecule has 0 saturated heterocycles. The van der Waals surface area contributed by atoms with Crippen LogP contribution in [0.1, 0.15) is 32.1 Å². The minimum atomic E-state index is -0.510. The van der Waals surface area contributed by atoms with Crippen LogP contribution in [0.2, 0.25) is 0 Å². The lowest BCUT2D eigenvalue weighted by Gasteiger charge is -2.26. The molecular weight excluding hydrogens is 208 g/mol. The first-order valence-electron chi connectivity index (χ1n) is 5.62. The molecule has 1 aliphatic carbocycles. The molecule has 16 heavy (non-hydrogen) atoms. The van der Waals surface area contributed by atoms with Crippen LogP contribution in [-0.2, 0) is 9.53 Å². The van der Waals surface area contributed by atoms with E-state index in [1.54, 1.807) is 0 Å². The Labute approximate surface area is 95.0 Å². The van der Waals surface area contributed by atoms with Gasteiger partial charge in [0.05, 0.1) is 13.7 Å². The smallest absolute Gasteiger partial charge is 0.322 e. The lowest BCUT2D eigenvalue weighted by atomic mass is 9.95. The lowest BCUT2D eigenvalue weighted by Crippen LogP contribution is -2.46. The van der Waals surface area contributed by atoms with Gasteiger partial charge in [0.15, 0.2) is 0 Å². The van der Waals surface area contributed by atoms with Crippen LogP contribution >= 0.6 is 0 Å². The highest BCUT2D eigenvalue weighted by Crippen LogP contribution is 2.18. The summed E-state index contributed by atoms with van der Waals surface area (Å²) in [6.07, 6.45) is 5.78. The van der Waals surface area contributed by atoms with Crippen molar-refractivity contribution in [2.24, 2.45) is 5.11 Å². The Morgan fingerprint density at radius 1 is 1.56 bits per heavy atom. The average Bonchev–Trinajstić information content (AvgIpc) is 2.34. The molecule has 0 heterocycles. The normalized spacial score (nSPS) is 18.6. The van der Waals surface area contributed by atoms with Crippen molar-refractivity contribution in [1.82, 2.24) is 5.32 Å². The van der Waals surface area contributed by atoms with Crippen molar-refractivity contribution >= 4 is 5.97 Å². The Kier molecular flexibility index (Phi) is 5.67. The van der Waals surface area contributed by atoms with E-state index in [2.05, 4.69) is 20.1 Å². The van der Waals surface area contributed by atoms with Gasteiger partial charge in [0, 0.05) is 11.0 Å². The Bertz CT molecular complexity index is 270. The second-order valence-electron chi connectivity index (χ2n) is 3.99. The summed E-state index contributed by atoms with van der Waals surface area (Å²) in [7, 11) is 1.34. The van der Waals surface area contributed by atoms with Gasteiger partial charge in [-0.15, -0.1) is 0 Å². The molecule has 0 spiro atoms. The zero-order valence-corrected chi connectivity index (χ0v) is 9.56. The highest BCUT2D eigenvalue weighted by molar-refractivity contribution is 5.76. The second kappa shape index (κ2) is 7.09. The molecule has 90 valence electrons. The van der Waals surface area contributed by atoms with E-state index >= 15 is 0 Å². The highest BCUT2D eigenvalue weighted by atomic mass is 16.5. The predicted molar refractivity (Wildman–Crippen MR) is 59.8 cm³/mol. The second-order valence-corrected chi connectivity index (χ2v) is 3.99. The molecule has 6 heteroatoms. The molecule has 1 N–H and O–H groups in total. The van der Waals surface area contributed by atoms with Gasteiger partial charge in [0.2, 0.25) is 0 Å². The first kappa shape index (κ1) is 12.8. The Balaban J connectivity index is 2.47. The molecule has 0 aromatic rings. The quantitative estimate of drug-likeness (QED) is 0.335. The maximum Gasteiger partial charge on any atom is 0.322 e. The van der Waals surface area contributed by atoms with Gasteiger partial charge < -0.3 is 10.1 Å². The maximum absolute atomic E-state index is 11.4. The van der Waals surface area contributed by atoms with Crippen LogP contribution in [0.15, 0.2) is 5.11 Å². The van der Waals surface area contributed by atoms with Crippen molar-refractivity contribution in [2.75, 3.05) is 13.7 Å². The largest absolute Gasteiger partial charge is 0.468 e. The Hall–Kier alpha value is -1.26. The summed E-state index contributed by atoms with van der Waals surface area (Å²) < 4.78 is 4.67. The van der Waals surface area contributed by atoms with E-state index in [1.165, 1.54) is 26.4 Å². The summed E-state index contributed by atoms with van der Waals surface area (Å²) in [6.45, 7) is 0.111. The molecule has 0 aromatic carbocycles. The molecule has 1 unspecified atom stereocenters. The Morgan fingerprint density at radius 3 is 2.81 bits per heavy atom. The monoisotopic (exact) mass is 226 g/mol. The van der Waals surface area contributed by atoms with Crippen molar-refractivity contribution in [3.05, 3.63) is 10.4 Å². The number of nitrogens with one attached hydrogen (secondary N) is 1. The number of azide groups is 1. The van der Waals surface area contributed by atoms with Gasteiger partial charge in [-0.25, -0.2) is 0 Å². The first-order valence-corrected chi connectivity index (χ1v) is 5.62.